The molecule has 2 N–H and O–H groups in total. The van der Waals surface area contributed by atoms with E-state index in [0.29, 0.717) is 12.8 Å². The smallest absolute Gasteiger partial charge is 0.305 e. The lowest BCUT2D eigenvalue weighted by molar-refractivity contribution is -0.137. The number of sulfonamides is 1. The number of halogens is 1. The second-order valence-corrected chi connectivity index (χ2v) is 7.45. The topological polar surface area (TPSA) is 104 Å². The van der Waals surface area contributed by atoms with Gasteiger partial charge < -0.3 is 10.4 Å². The molecule has 0 radical (unpaired) electrons. The average Bonchev–Trinajstić information content (AvgIpc) is 2.54. The Morgan fingerprint density at radius 3 is 2.46 bits per heavy atom. The molecule has 9 heteroatoms. The fourth-order valence-electron chi connectivity index (χ4n) is 2.59. The van der Waals surface area contributed by atoms with Crippen LogP contribution in [0.25, 0.3) is 0 Å². The van der Waals surface area contributed by atoms with Crippen LogP contribution in [0.15, 0.2) is 29.2 Å². The second kappa shape index (κ2) is 7.71. The van der Waals surface area contributed by atoms with Crippen molar-refractivity contribution in [1.29, 1.82) is 0 Å². The lowest BCUT2D eigenvalue weighted by atomic mass is 9.97. The van der Waals surface area contributed by atoms with E-state index in [1.54, 1.807) is 0 Å². The van der Waals surface area contributed by atoms with Crippen molar-refractivity contribution < 1.29 is 27.5 Å². The van der Waals surface area contributed by atoms with Crippen molar-refractivity contribution in [2.45, 2.75) is 24.2 Å². The molecule has 0 saturated carbocycles. The molecule has 24 heavy (non-hydrogen) atoms. The largest absolute Gasteiger partial charge is 0.481 e. The molecule has 2 rings (SSSR count). The number of hydrogen-bond donors (Lipinski definition) is 2. The summed E-state index contributed by atoms with van der Waals surface area (Å²) < 4.78 is 39.8. The number of rotatable bonds is 6. The van der Waals surface area contributed by atoms with Crippen LogP contribution in [0.5, 0.6) is 0 Å². The SMILES string of the molecule is O=C(O)CCNC(=O)C1CCN(S(=O)(=O)c2ccccc2F)CC1. The molecule has 132 valence electrons. The molecule has 0 spiro atoms. The Morgan fingerprint density at radius 1 is 1.25 bits per heavy atom. The lowest BCUT2D eigenvalue weighted by Crippen LogP contribution is -2.43. The second-order valence-electron chi connectivity index (χ2n) is 5.54. The molecule has 1 aliphatic rings. The maximum Gasteiger partial charge on any atom is 0.305 e. The van der Waals surface area contributed by atoms with E-state index in [9.17, 15) is 22.4 Å². The van der Waals surface area contributed by atoms with Gasteiger partial charge in [0.15, 0.2) is 0 Å². The van der Waals surface area contributed by atoms with Crippen LogP contribution < -0.4 is 5.32 Å². The molecule has 1 heterocycles. The van der Waals surface area contributed by atoms with E-state index in [4.69, 9.17) is 5.11 Å². The van der Waals surface area contributed by atoms with Crippen LogP contribution in [0.2, 0.25) is 0 Å². The number of carboxylic acids is 1. The molecule has 1 saturated heterocycles. The third kappa shape index (κ3) is 4.30. The Balaban J connectivity index is 1.94. The first-order valence-corrected chi connectivity index (χ1v) is 9.00. The Bertz CT molecular complexity index is 714. The predicted molar refractivity (Wildman–Crippen MR) is 83.1 cm³/mol. The van der Waals surface area contributed by atoms with Crippen LogP contribution >= 0.6 is 0 Å². The number of amides is 1. The number of carbonyl (C=O) groups is 2. The van der Waals surface area contributed by atoms with Crippen molar-refractivity contribution in [2.75, 3.05) is 19.6 Å². The van der Waals surface area contributed by atoms with Gasteiger partial charge in [0.2, 0.25) is 15.9 Å². The van der Waals surface area contributed by atoms with Gasteiger partial charge in [0.05, 0.1) is 6.42 Å². The average molecular weight is 358 g/mol. The summed E-state index contributed by atoms with van der Waals surface area (Å²) >= 11 is 0. The molecule has 0 unspecified atom stereocenters. The molecule has 7 nitrogen and oxygen atoms in total. The molecule has 1 fully saturated rings. The summed E-state index contributed by atoms with van der Waals surface area (Å²) in [6.45, 7) is 0.281. The van der Waals surface area contributed by atoms with Crippen molar-refractivity contribution in [3.63, 3.8) is 0 Å². The molecule has 1 aromatic carbocycles. The van der Waals surface area contributed by atoms with E-state index in [2.05, 4.69) is 5.32 Å². The molecular weight excluding hydrogens is 339 g/mol. The van der Waals surface area contributed by atoms with Gasteiger partial charge in [-0.05, 0) is 25.0 Å². The number of piperidine rings is 1. The summed E-state index contributed by atoms with van der Waals surface area (Å²) in [7, 11) is -3.92. The molecule has 1 aromatic rings. The monoisotopic (exact) mass is 358 g/mol. The van der Waals surface area contributed by atoms with Crippen molar-refractivity contribution in [3.05, 3.63) is 30.1 Å². The van der Waals surface area contributed by atoms with Gasteiger partial charge in [-0.25, -0.2) is 12.8 Å². The summed E-state index contributed by atoms with van der Waals surface area (Å²) in [4.78, 5) is 22.0. The number of benzene rings is 1. The van der Waals surface area contributed by atoms with E-state index in [1.165, 1.54) is 22.5 Å². The van der Waals surface area contributed by atoms with Gasteiger partial charge in [-0.15, -0.1) is 0 Å². The summed E-state index contributed by atoms with van der Waals surface area (Å²) in [6, 6.07) is 5.19. The first-order valence-electron chi connectivity index (χ1n) is 7.56. The summed E-state index contributed by atoms with van der Waals surface area (Å²) in [5, 5.41) is 11.1. The highest BCUT2D eigenvalue weighted by atomic mass is 32.2. The molecule has 1 amide bonds. The molecule has 1 aliphatic heterocycles. The molecule has 0 aromatic heterocycles. The van der Waals surface area contributed by atoms with Crippen molar-refractivity contribution >= 4 is 21.9 Å². The third-order valence-electron chi connectivity index (χ3n) is 3.92. The van der Waals surface area contributed by atoms with Crippen LogP contribution in [-0.4, -0.2) is 49.3 Å². The normalized spacial score (nSPS) is 16.7. The number of nitrogens with zero attached hydrogens (tertiary/aromatic N) is 1. The predicted octanol–water partition coefficient (Wildman–Crippen LogP) is 0.817. The van der Waals surface area contributed by atoms with Crippen molar-refractivity contribution in [3.8, 4) is 0 Å². The van der Waals surface area contributed by atoms with Gasteiger partial charge in [-0.3, -0.25) is 9.59 Å². The Labute approximate surface area is 139 Å². The first kappa shape index (κ1) is 18.3. The molecule has 0 atom stereocenters. The van der Waals surface area contributed by atoms with Crippen LogP contribution in [-0.2, 0) is 19.6 Å². The summed E-state index contributed by atoms with van der Waals surface area (Å²) in [5.74, 6) is -2.45. The zero-order chi connectivity index (χ0) is 17.7. The van der Waals surface area contributed by atoms with E-state index in [-0.39, 0.29) is 42.8 Å². The van der Waals surface area contributed by atoms with Gasteiger partial charge in [-0.1, -0.05) is 12.1 Å². The maximum atomic E-state index is 13.7. The van der Waals surface area contributed by atoms with Gasteiger partial charge in [0, 0.05) is 25.6 Å². The van der Waals surface area contributed by atoms with Crippen molar-refractivity contribution in [2.24, 2.45) is 5.92 Å². The first-order chi connectivity index (χ1) is 11.3. The highest BCUT2D eigenvalue weighted by Gasteiger charge is 2.33. The maximum absolute atomic E-state index is 13.7. The molecular formula is C15H19FN2O5S. The highest BCUT2D eigenvalue weighted by Crippen LogP contribution is 2.25. The van der Waals surface area contributed by atoms with E-state index < -0.39 is 21.8 Å². The van der Waals surface area contributed by atoms with Crippen LogP contribution in [0.4, 0.5) is 4.39 Å². The fourth-order valence-corrected chi connectivity index (χ4v) is 4.12. The number of nitrogens with one attached hydrogen (secondary N) is 1. The van der Waals surface area contributed by atoms with Crippen LogP contribution in [0.1, 0.15) is 19.3 Å². The van der Waals surface area contributed by atoms with Gasteiger partial charge >= 0.3 is 5.97 Å². The number of hydrogen-bond acceptors (Lipinski definition) is 4. The fraction of sp³-hybridized carbons (Fsp3) is 0.467. The molecule has 0 aliphatic carbocycles. The standard InChI is InChI=1S/C15H19FN2O5S/c16-12-3-1-2-4-13(12)24(22,23)18-9-6-11(7-10-18)15(21)17-8-5-14(19)20/h1-4,11H,5-10H2,(H,17,21)(H,19,20). The Hall–Kier alpha value is -2.00. The number of aliphatic carboxylic acids is 1. The third-order valence-corrected chi connectivity index (χ3v) is 5.85. The van der Waals surface area contributed by atoms with Gasteiger partial charge in [0.1, 0.15) is 10.7 Å². The highest BCUT2D eigenvalue weighted by molar-refractivity contribution is 7.89. The zero-order valence-corrected chi connectivity index (χ0v) is 13.8. The minimum Gasteiger partial charge on any atom is -0.481 e. The number of carbonyl (C=O) groups excluding carboxylic acids is 1. The minimum absolute atomic E-state index is 0.0436. The van der Waals surface area contributed by atoms with Crippen LogP contribution in [0, 0.1) is 11.7 Å². The number of carboxylic acid groups (broad SMARTS) is 1. The van der Waals surface area contributed by atoms with E-state index >= 15 is 0 Å². The van der Waals surface area contributed by atoms with E-state index in [1.807, 2.05) is 0 Å². The molecule has 0 bridgehead atoms. The van der Waals surface area contributed by atoms with Crippen LogP contribution in [0.3, 0.4) is 0 Å². The van der Waals surface area contributed by atoms with Crippen molar-refractivity contribution in [1.82, 2.24) is 9.62 Å². The summed E-state index contributed by atoms with van der Waals surface area (Å²) in [5.41, 5.74) is 0. The Morgan fingerprint density at radius 2 is 1.88 bits per heavy atom. The minimum atomic E-state index is -3.92. The summed E-state index contributed by atoms with van der Waals surface area (Å²) in [6.07, 6.45) is 0.464. The zero-order valence-electron chi connectivity index (χ0n) is 12.9. The van der Waals surface area contributed by atoms with Gasteiger partial charge in [-0.2, -0.15) is 4.31 Å². The quantitative estimate of drug-likeness (QED) is 0.783. The lowest BCUT2D eigenvalue weighted by Gasteiger charge is -2.30. The van der Waals surface area contributed by atoms with Gasteiger partial charge in [0.25, 0.3) is 0 Å². The van der Waals surface area contributed by atoms with E-state index in [0.717, 1.165) is 6.07 Å². The Kier molecular flexibility index (Phi) is 5.89.